The topological polar surface area (TPSA) is 71.3 Å². The van der Waals surface area contributed by atoms with Gasteiger partial charge < -0.3 is 15.0 Å². The second kappa shape index (κ2) is 7.51. The van der Waals surface area contributed by atoms with Crippen molar-refractivity contribution in [2.24, 2.45) is 0 Å². The molecule has 0 radical (unpaired) electrons. The van der Waals surface area contributed by atoms with Crippen LogP contribution in [0.5, 0.6) is 0 Å². The summed E-state index contributed by atoms with van der Waals surface area (Å²) in [4.78, 5) is 22.0. The van der Waals surface area contributed by atoms with Gasteiger partial charge in [-0.3, -0.25) is 4.98 Å². The molecule has 0 unspecified atom stereocenters. The number of para-hydroxylation sites is 1. The van der Waals surface area contributed by atoms with Crippen molar-refractivity contribution < 1.29 is 4.79 Å². The number of nitrogens with one attached hydrogen (secondary N) is 2. The number of benzene rings is 2. The Morgan fingerprint density at radius 3 is 2.85 bits per heavy atom. The number of carbonyl (C=O) groups is 1. The summed E-state index contributed by atoms with van der Waals surface area (Å²) in [6, 6.07) is 15.0. The first-order valence-corrected chi connectivity index (χ1v) is 9.55. The number of rotatable bonds is 4. The Labute approximate surface area is 160 Å². The molecule has 134 valence electrons. The van der Waals surface area contributed by atoms with Crippen molar-refractivity contribution in [1.82, 2.24) is 14.4 Å². The highest BCUT2D eigenvalue weighted by atomic mass is 32.2. The second-order valence-corrected chi connectivity index (χ2v) is 6.67. The van der Waals surface area contributed by atoms with E-state index in [1.54, 1.807) is 24.2 Å². The number of hydrogen-bond acceptors (Lipinski definition) is 4. The van der Waals surface area contributed by atoms with Gasteiger partial charge in [-0.15, -0.1) is 11.8 Å². The molecule has 0 bridgehead atoms. The summed E-state index contributed by atoms with van der Waals surface area (Å²) in [6.45, 7) is 0. The van der Waals surface area contributed by atoms with Gasteiger partial charge in [0.25, 0.3) is 0 Å². The first-order valence-electron chi connectivity index (χ1n) is 8.33. The lowest BCUT2D eigenvalue weighted by Crippen LogP contribution is -2.19. The van der Waals surface area contributed by atoms with Gasteiger partial charge in [-0.05, 0) is 30.5 Å². The largest absolute Gasteiger partial charge is 0.323 e. The van der Waals surface area contributed by atoms with Crippen LogP contribution in [0.3, 0.4) is 0 Å². The van der Waals surface area contributed by atoms with Crippen molar-refractivity contribution >= 4 is 34.8 Å². The van der Waals surface area contributed by atoms with E-state index in [2.05, 4.69) is 20.6 Å². The van der Waals surface area contributed by atoms with Gasteiger partial charge in [0.2, 0.25) is 0 Å². The fraction of sp³-hybridized carbons (Fsp3) is 0.0500. The van der Waals surface area contributed by atoms with E-state index >= 15 is 0 Å². The van der Waals surface area contributed by atoms with E-state index in [9.17, 15) is 4.79 Å². The molecule has 0 saturated heterocycles. The molecule has 0 fully saturated rings. The Balaban J connectivity index is 1.53. The number of nitrogens with zero attached hydrogens (tertiary/aromatic N) is 3. The maximum Gasteiger partial charge on any atom is 0.323 e. The first kappa shape index (κ1) is 17.1. The van der Waals surface area contributed by atoms with Gasteiger partial charge in [-0.2, -0.15) is 0 Å². The predicted octanol–water partition coefficient (Wildman–Crippen LogP) is 4.76. The monoisotopic (exact) mass is 375 g/mol. The number of fused-ring (bicyclic) bond motifs is 1. The third-order valence-electron chi connectivity index (χ3n) is 4.05. The Morgan fingerprint density at radius 1 is 1.07 bits per heavy atom. The summed E-state index contributed by atoms with van der Waals surface area (Å²) in [5, 5.41) is 5.77. The molecular formula is C20H17N5OS. The molecule has 7 heteroatoms. The molecule has 27 heavy (non-hydrogen) atoms. The smallest absolute Gasteiger partial charge is 0.308 e. The molecule has 0 aliphatic heterocycles. The van der Waals surface area contributed by atoms with Crippen LogP contribution in [0.4, 0.5) is 16.2 Å². The highest BCUT2D eigenvalue weighted by molar-refractivity contribution is 7.98. The van der Waals surface area contributed by atoms with Gasteiger partial charge in [0.1, 0.15) is 0 Å². The van der Waals surface area contributed by atoms with E-state index in [1.807, 2.05) is 71.6 Å². The molecule has 4 aromatic rings. The summed E-state index contributed by atoms with van der Waals surface area (Å²) in [6.07, 6.45) is 9.22. The fourth-order valence-corrected chi connectivity index (χ4v) is 3.32. The third-order valence-corrected chi connectivity index (χ3v) is 4.85. The van der Waals surface area contributed by atoms with Gasteiger partial charge in [-0.25, -0.2) is 9.78 Å². The minimum atomic E-state index is -0.285. The zero-order valence-corrected chi connectivity index (χ0v) is 15.4. The molecule has 0 atom stereocenters. The molecule has 6 nitrogen and oxygen atoms in total. The Kier molecular flexibility index (Phi) is 4.76. The van der Waals surface area contributed by atoms with Crippen LogP contribution in [-0.2, 0) is 0 Å². The van der Waals surface area contributed by atoms with Gasteiger partial charge in [0.05, 0.1) is 17.6 Å². The third kappa shape index (κ3) is 3.78. The first-order chi connectivity index (χ1) is 13.2. The van der Waals surface area contributed by atoms with Gasteiger partial charge in [0, 0.05) is 34.7 Å². The van der Waals surface area contributed by atoms with Crippen molar-refractivity contribution in [2.45, 2.75) is 4.90 Å². The minimum Gasteiger partial charge on any atom is -0.308 e. The van der Waals surface area contributed by atoms with Gasteiger partial charge in [-0.1, -0.05) is 24.3 Å². The maximum absolute atomic E-state index is 12.4. The van der Waals surface area contributed by atoms with E-state index < -0.39 is 0 Å². The van der Waals surface area contributed by atoms with Crippen molar-refractivity contribution in [1.29, 1.82) is 0 Å². The van der Waals surface area contributed by atoms with Crippen LogP contribution in [0.15, 0.2) is 78.2 Å². The predicted molar refractivity (Wildman–Crippen MR) is 109 cm³/mol. The minimum absolute atomic E-state index is 0.285. The van der Waals surface area contributed by atoms with Crippen LogP contribution in [0.1, 0.15) is 0 Å². The Morgan fingerprint density at radius 2 is 1.96 bits per heavy atom. The van der Waals surface area contributed by atoms with Crippen molar-refractivity contribution in [2.75, 3.05) is 16.9 Å². The van der Waals surface area contributed by atoms with E-state index in [4.69, 9.17) is 0 Å². The summed E-state index contributed by atoms with van der Waals surface area (Å²) in [7, 11) is 0. The van der Waals surface area contributed by atoms with E-state index in [0.717, 1.165) is 27.5 Å². The highest BCUT2D eigenvalue weighted by Crippen LogP contribution is 2.25. The number of imidazole rings is 1. The lowest BCUT2D eigenvalue weighted by molar-refractivity contribution is 0.262. The number of amides is 2. The average Bonchev–Trinajstić information content (AvgIpc) is 3.16. The highest BCUT2D eigenvalue weighted by Gasteiger charge is 2.08. The maximum atomic E-state index is 12.4. The summed E-state index contributed by atoms with van der Waals surface area (Å²) >= 11 is 1.59. The number of hydrogen-bond donors (Lipinski definition) is 2. The molecule has 0 aliphatic carbocycles. The zero-order valence-electron chi connectivity index (χ0n) is 14.6. The number of aromatic nitrogens is 3. The molecule has 0 aliphatic rings. The quantitative estimate of drug-likeness (QED) is 0.504. The molecule has 4 rings (SSSR count). The van der Waals surface area contributed by atoms with Crippen LogP contribution in [0, 0.1) is 0 Å². The van der Waals surface area contributed by atoms with Crippen LogP contribution in [0.25, 0.3) is 16.9 Å². The van der Waals surface area contributed by atoms with E-state index in [-0.39, 0.29) is 6.03 Å². The standard InChI is InChI=1S/C20H17N5OS/c1-27-18-8-3-2-7-16(18)24-20(26)23-15-6-4-5-14(11-15)17-13-25-10-9-21-19(25)12-22-17/h2-13H,1H3,(H2,23,24,26). The lowest BCUT2D eigenvalue weighted by atomic mass is 10.1. The van der Waals surface area contributed by atoms with Gasteiger partial charge in [0.15, 0.2) is 5.65 Å². The van der Waals surface area contributed by atoms with Crippen LogP contribution >= 0.6 is 11.8 Å². The summed E-state index contributed by atoms with van der Waals surface area (Å²) in [5.41, 5.74) is 3.98. The molecule has 2 aromatic carbocycles. The second-order valence-electron chi connectivity index (χ2n) is 5.83. The Bertz CT molecular complexity index is 1110. The van der Waals surface area contributed by atoms with Crippen molar-refractivity contribution in [3.63, 3.8) is 0 Å². The van der Waals surface area contributed by atoms with Crippen LogP contribution < -0.4 is 10.6 Å². The lowest BCUT2D eigenvalue weighted by Gasteiger charge is -2.11. The molecule has 2 aromatic heterocycles. The van der Waals surface area contributed by atoms with Gasteiger partial charge >= 0.3 is 6.03 Å². The fourth-order valence-electron chi connectivity index (χ4n) is 2.76. The molecule has 2 amide bonds. The average molecular weight is 375 g/mol. The normalized spacial score (nSPS) is 10.7. The van der Waals surface area contributed by atoms with E-state index in [0.29, 0.717) is 5.69 Å². The van der Waals surface area contributed by atoms with Crippen molar-refractivity contribution in [3.05, 3.63) is 73.3 Å². The Hall–Kier alpha value is -3.32. The molecule has 0 saturated carbocycles. The molecular weight excluding hydrogens is 358 g/mol. The summed E-state index contributed by atoms with van der Waals surface area (Å²) < 4.78 is 1.91. The van der Waals surface area contributed by atoms with Crippen LogP contribution in [0.2, 0.25) is 0 Å². The molecule has 0 spiro atoms. The SMILES string of the molecule is CSc1ccccc1NC(=O)Nc1cccc(-c2cn3ccnc3cn2)c1. The number of anilines is 2. The summed E-state index contributed by atoms with van der Waals surface area (Å²) in [5.74, 6) is 0. The molecule has 2 N–H and O–H groups in total. The van der Waals surface area contributed by atoms with E-state index in [1.165, 1.54) is 0 Å². The number of urea groups is 1. The van der Waals surface area contributed by atoms with Crippen molar-refractivity contribution in [3.8, 4) is 11.3 Å². The zero-order chi connectivity index (χ0) is 18.6. The molecule has 2 heterocycles. The van der Waals surface area contributed by atoms with Crippen LogP contribution in [-0.4, -0.2) is 26.7 Å². The number of thioether (sulfide) groups is 1. The number of carbonyl (C=O) groups excluding carboxylic acids is 1.